The van der Waals surface area contributed by atoms with E-state index in [4.69, 9.17) is 0 Å². The van der Waals surface area contributed by atoms with Crippen LogP contribution in [0.15, 0.2) is 17.1 Å². The average molecular weight is 208 g/mol. The number of nitrogens with zero attached hydrogens (tertiary/aromatic N) is 1. The molecular formula is C6H3F3N2O3. The van der Waals surface area contributed by atoms with Crippen molar-refractivity contribution in [3.8, 4) is 0 Å². The van der Waals surface area contributed by atoms with Crippen LogP contribution in [0.5, 0.6) is 0 Å². The van der Waals surface area contributed by atoms with Gasteiger partial charge in [0.05, 0.1) is 4.92 Å². The molecule has 1 aromatic rings. The molecule has 0 aliphatic rings. The third-order valence-corrected chi connectivity index (χ3v) is 1.42. The Morgan fingerprint density at radius 1 is 1.43 bits per heavy atom. The monoisotopic (exact) mass is 208 g/mol. The molecule has 0 unspecified atom stereocenters. The highest BCUT2D eigenvalue weighted by Crippen LogP contribution is 2.32. The van der Waals surface area contributed by atoms with Crippen LogP contribution in [-0.2, 0) is 6.18 Å². The van der Waals surface area contributed by atoms with Crippen molar-refractivity contribution in [1.29, 1.82) is 0 Å². The van der Waals surface area contributed by atoms with Crippen LogP contribution in [0.2, 0.25) is 0 Å². The maximum atomic E-state index is 12.1. The Balaban J connectivity index is 3.54. The Bertz CT molecular complexity index is 423. The summed E-state index contributed by atoms with van der Waals surface area (Å²) in [6.45, 7) is 0. The molecule has 1 heterocycles. The normalized spacial score (nSPS) is 11.4. The molecule has 0 bridgehead atoms. The van der Waals surface area contributed by atoms with E-state index in [9.17, 15) is 28.1 Å². The number of rotatable bonds is 1. The molecule has 0 aliphatic carbocycles. The van der Waals surface area contributed by atoms with Crippen molar-refractivity contribution in [3.05, 3.63) is 38.3 Å². The molecule has 0 saturated heterocycles. The SMILES string of the molecule is O=c1[nH]ccc([N+](=O)[O-])c1C(F)(F)F. The summed E-state index contributed by atoms with van der Waals surface area (Å²) in [7, 11) is 0. The molecule has 1 rings (SSSR count). The van der Waals surface area contributed by atoms with Crippen LogP contribution in [0.25, 0.3) is 0 Å². The van der Waals surface area contributed by atoms with Gasteiger partial charge in [0.25, 0.3) is 11.2 Å². The second-order valence-electron chi connectivity index (χ2n) is 2.32. The lowest BCUT2D eigenvalue weighted by molar-refractivity contribution is -0.388. The van der Waals surface area contributed by atoms with Gasteiger partial charge in [0, 0.05) is 12.3 Å². The van der Waals surface area contributed by atoms with Crippen molar-refractivity contribution in [2.24, 2.45) is 0 Å². The number of hydrogen-bond donors (Lipinski definition) is 1. The minimum absolute atomic E-state index is 0.588. The van der Waals surface area contributed by atoms with Crippen LogP contribution in [0.1, 0.15) is 5.56 Å². The number of alkyl halides is 3. The van der Waals surface area contributed by atoms with E-state index in [-0.39, 0.29) is 0 Å². The molecule has 0 atom stereocenters. The Hall–Kier alpha value is -1.86. The fourth-order valence-electron chi connectivity index (χ4n) is 0.894. The maximum absolute atomic E-state index is 12.1. The minimum atomic E-state index is -5.03. The van der Waals surface area contributed by atoms with Gasteiger partial charge in [0.1, 0.15) is 0 Å². The largest absolute Gasteiger partial charge is 0.428 e. The zero-order chi connectivity index (χ0) is 10.9. The lowest BCUT2D eigenvalue weighted by atomic mass is 10.2. The smallest absolute Gasteiger partial charge is 0.328 e. The number of H-pyrrole nitrogens is 1. The first-order chi connectivity index (χ1) is 6.34. The van der Waals surface area contributed by atoms with E-state index >= 15 is 0 Å². The number of pyridine rings is 1. The summed E-state index contributed by atoms with van der Waals surface area (Å²) in [5, 5.41) is 10.2. The van der Waals surface area contributed by atoms with Gasteiger partial charge in [-0.15, -0.1) is 0 Å². The Morgan fingerprint density at radius 3 is 2.36 bits per heavy atom. The molecule has 0 aliphatic heterocycles. The van der Waals surface area contributed by atoms with Crippen molar-refractivity contribution in [2.75, 3.05) is 0 Å². The molecule has 1 aromatic heterocycles. The van der Waals surface area contributed by atoms with Gasteiger partial charge in [-0.25, -0.2) is 0 Å². The van der Waals surface area contributed by atoms with Crippen LogP contribution in [0, 0.1) is 10.1 Å². The summed E-state index contributed by atoms with van der Waals surface area (Å²) in [6.07, 6.45) is -4.24. The summed E-state index contributed by atoms with van der Waals surface area (Å²) in [5.74, 6) is 0. The Kier molecular flexibility index (Phi) is 2.28. The minimum Gasteiger partial charge on any atom is -0.328 e. The first-order valence-corrected chi connectivity index (χ1v) is 3.27. The second-order valence-corrected chi connectivity index (χ2v) is 2.32. The molecule has 0 radical (unpaired) electrons. The molecule has 0 saturated carbocycles. The molecule has 0 spiro atoms. The summed E-state index contributed by atoms with van der Waals surface area (Å²) >= 11 is 0. The molecule has 0 amide bonds. The van der Waals surface area contributed by atoms with Gasteiger partial charge in [0.2, 0.25) is 0 Å². The third kappa shape index (κ3) is 1.73. The quantitative estimate of drug-likeness (QED) is 0.558. The highest BCUT2D eigenvalue weighted by molar-refractivity contribution is 5.39. The van der Waals surface area contributed by atoms with E-state index in [0.29, 0.717) is 6.07 Å². The lowest BCUT2D eigenvalue weighted by Crippen LogP contribution is -2.22. The first kappa shape index (κ1) is 10.2. The predicted octanol–water partition coefficient (Wildman–Crippen LogP) is 1.30. The zero-order valence-electron chi connectivity index (χ0n) is 6.46. The fraction of sp³-hybridized carbons (Fsp3) is 0.167. The van der Waals surface area contributed by atoms with Crippen molar-refractivity contribution >= 4 is 5.69 Å². The van der Waals surface area contributed by atoms with Crippen LogP contribution in [-0.4, -0.2) is 9.91 Å². The average Bonchev–Trinajstić information content (AvgIpc) is 2.01. The van der Waals surface area contributed by atoms with Gasteiger partial charge in [-0.2, -0.15) is 13.2 Å². The van der Waals surface area contributed by atoms with Crippen molar-refractivity contribution in [3.63, 3.8) is 0 Å². The maximum Gasteiger partial charge on any atom is 0.428 e. The predicted molar refractivity (Wildman–Crippen MR) is 38.7 cm³/mol. The van der Waals surface area contributed by atoms with E-state index in [1.165, 1.54) is 0 Å². The van der Waals surface area contributed by atoms with Crippen molar-refractivity contribution in [2.45, 2.75) is 6.18 Å². The van der Waals surface area contributed by atoms with Gasteiger partial charge < -0.3 is 4.98 Å². The number of nitrogens with one attached hydrogen (secondary N) is 1. The highest BCUT2D eigenvalue weighted by Gasteiger charge is 2.41. The van der Waals surface area contributed by atoms with Crippen molar-refractivity contribution in [1.82, 2.24) is 4.98 Å². The van der Waals surface area contributed by atoms with E-state index in [1.54, 1.807) is 4.98 Å². The molecule has 76 valence electrons. The van der Waals surface area contributed by atoms with Gasteiger partial charge in [-0.3, -0.25) is 14.9 Å². The molecule has 8 heteroatoms. The second kappa shape index (κ2) is 3.13. The molecule has 5 nitrogen and oxygen atoms in total. The number of hydrogen-bond acceptors (Lipinski definition) is 3. The van der Waals surface area contributed by atoms with Crippen LogP contribution < -0.4 is 5.56 Å². The van der Waals surface area contributed by atoms with E-state index in [0.717, 1.165) is 6.20 Å². The molecule has 0 aromatic carbocycles. The van der Waals surface area contributed by atoms with Gasteiger partial charge in [-0.05, 0) is 0 Å². The lowest BCUT2D eigenvalue weighted by Gasteiger charge is -2.04. The molecule has 0 fully saturated rings. The topological polar surface area (TPSA) is 76.0 Å². The number of nitro groups is 1. The Labute approximate surface area is 74.3 Å². The zero-order valence-corrected chi connectivity index (χ0v) is 6.46. The summed E-state index contributed by atoms with van der Waals surface area (Å²) in [4.78, 5) is 21.4. The van der Waals surface area contributed by atoms with Gasteiger partial charge in [0.15, 0.2) is 5.56 Å². The van der Waals surface area contributed by atoms with E-state index in [2.05, 4.69) is 0 Å². The van der Waals surface area contributed by atoms with E-state index in [1.807, 2.05) is 0 Å². The summed E-state index contributed by atoms with van der Waals surface area (Å²) < 4.78 is 36.4. The molecule has 1 N–H and O–H groups in total. The number of halogens is 3. The Morgan fingerprint density at radius 2 is 2.00 bits per heavy atom. The standard InChI is InChI=1S/C6H3F3N2O3/c7-6(8,9)4-3(11(13)14)1-2-10-5(4)12/h1-2H,(H,10,12). The van der Waals surface area contributed by atoms with Gasteiger partial charge in [-0.1, -0.05) is 0 Å². The summed E-state index contributed by atoms with van der Waals surface area (Å²) in [5.41, 5.74) is -4.56. The van der Waals surface area contributed by atoms with E-state index < -0.39 is 27.9 Å². The molecule has 14 heavy (non-hydrogen) atoms. The van der Waals surface area contributed by atoms with Crippen LogP contribution >= 0.6 is 0 Å². The molecular weight excluding hydrogens is 205 g/mol. The van der Waals surface area contributed by atoms with Crippen LogP contribution in [0.3, 0.4) is 0 Å². The van der Waals surface area contributed by atoms with Crippen molar-refractivity contribution < 1.29 is 18.1 Å². The fourth-order valence-corrected chi connectivity index (χ4v) is 0.894. The summed E-state index contributed by atoms with van der Waals surface area (Å²) in [6, 6.07) is 0.588. The number of aromatic amines is 1. The number of aromatic nitrogens is 1. The first-order valence-electron chi connectivity index (χ1n) is 3.27. The van der Waals surface area contributed by atoms with Gasteiger partial charge >= 0.3 is 6.18 Å². The van der Waals surface area contributed by atoms with Crippen LogP contribution in [0.4, 0.5) is 18.9 Å². The third-order valence-electron chi connectivity index (χ3n) is 1.42. The highest BCUT2D eigenvalue weighted by atomic mass is 19.4.